The first-order valence-corrected chi connectivity index (χ1v) is 30.3. The summed E-state index contributed by atoms with van der Waals surface area (Å²) in [5.74, 6) is 0.934. The van der Waals surface area contributed by atoms with E-state index in [2.05, 4.69) is 10.6 Å². The number of ether oxygens (including phenoxy) is 2. The largest absolute Gasteiger partial charge is 0.497 e. The van der Waals surface area contributed by atoms with Crippen LogP contribution in [0.3, 0.4) is 0 Å². The van der Waals surface area contributed by atoms with Gasteiger partial charge in [-0.15, -0.1) is 0 Å². The Hall–Kier alpha value is -6.28. The molecule has 14 heteroatoms. The smallest absolute Gasteiger partial charge is 0.253 e. The maximum absolute atomic E-state index is 15.0. The molecule has 2 saturated carbocycles. The molecule has 2 aliphatic carbocycles. The molecule has 5 amide bonds. The van der Waals surface area contributed by atoms with Crippen molar-refractivity contribution >= 4 is 46.1 Å². The number of nitrogens with one attached hydrogen (secondary N) is 2. The van der Waals surface area contributed by atoms with Crippen LogP contribution >= 0.6 is 0 Å². The predicted octanol–water partition coefficient (Wildman–Crippen LogP) is 10.1. The van der Waals surface area contributed by atoms with Crippen molar-refractivity contribution in [2.75, 3.05) is 60.5 Å². The Bertz CT molecular complexity index is 2530. The summed E-state index contributed by atoms with van der Waals surface area (Å²) in [5, 5.41) is 7.94. The van der Waals surface area contributed by atoms with E-state index in [9.17, 15) is 24.0 Å². The molecule has 4 fully saturated rings. The van der Waals surface area contributed by atoms with Gasteiger partial charge in [-0.1, -0.05) is 88.8 Å². The predicted molar refractivity (Wildman–Crippen MR) is 315 cm³/mol. The molecule has 8 rings (SSSR count). The maximum Gasteiger partial charge on any atom is 0.253 e. The van der Waals surface area contributed by atoms with Crippen molar-refractivity contribution < 1.29 is 38.2 Å². The highest BCUT2D eigenvalue weighted by Gasteiger charge is 2.42. The third-order valence-corrected chi connectivity index (χ3v) is 18.4. The summed E-state index contributed by atoms with van der Waals surface area (Å²) in [4.78, 5) is 94.1. The first-order valence-electron chi connectivity index (χ1n) is 30.3. The van der Waals surface area contributed by atoms with Gasteiger partial charge < -0.3 is 39.7 Å². The lowest BCUT2D eigenvalue weighted by atomic mass is 9.76. The van der Waals surface area contributed by atoms with Crippen LogP contribution in [0.4, 0.5) is 0 Å². The molecule has 0 spiro atoms. The van der Waals surface area contributed by atoms with Crippen LogP contribution in [0.2, 0.25) is 0 Å². The highest BCUT2D eigenvalue weighted by atomic mass is 16.5. The maximum atomic E-state index is 15.0. The molecule has 6 atom stereocenters. The summed E-state index contributed by atoms with van der Waals surface area (Å²) in [6.07, 6.45) is 15.6. The molecular weight excluding hydrogens is 1000 g/mol. The fraction of sp³-hybridized carbons (Fsp3) is 0.576. The molecule has 2 heterocycles. The molecule has 0 unspecified atom stereocenters. The molecule has 4 aliphatic rings. The summed E-state index contributed by atoms with van der Waals surface area (Å²) in [6, 6.07) is 25.8. The number of methoxy groups -OCH3 is 2. The van der Waals surface area contributed by atoms with E-state index in [4.69, 9.17) is 9.47 Å². The van der Waals surface area contributed by atoms with E-state index in [0.29, 0.717) is 69.7 Å². The van der Waals surface area contributed by atoms with Gasteiger partial charge in [0.05, 0.1) is 20.3 Å². The van der Waals surface area contributed by atoms with E-state index < -0.39 is 6.04 Å². The number of benzene rings is 4. The van der Waals surface area contributed by atoms with E-state index in [-0.39, 0.29) is 83.5 Å². The van der Waals surface area contributed by atoms with E-state index in [1.807, 2.05) is 125 Å². The topological polar surface area (TPSA) is 158 Å². The van der Waals surface area contributed by atoms with Gasteiger partial charge in [0.2, 0.25) is 17.7 Å². The minimum Gasteiger partial charge on any atom is -0.497 e. The van der Waals surface area contributed by atoms with E-state index in [1.54, 1.807) is 21.3 Å². The van der Waals surface area contributed by atoms with Gasteiger partial charge >= 0.3 is 0 Å². The molecule has 80 heavy (non-hydrogen) atoms. The van der Waals surface area contributed by atoms with Gasteiger partial charge in [-0.2, -0.15) is 0 Å². The van der Waals surface area contributed by atoms with Gasteiger partial charge in [0.15, 0.2) is 0 Å². The fourth-order valence-corrected chi connectivity index (χ4v) is 12.9. The monoisotopic (exact) mass is 1090 g/mol. The van der Waals surface area contributed by atoms with E-state index >= 15 is 4.79 Å². The number of nitrogens with zero attached hydrogens (tertiary/aromatic N) is 4. The number of hydrogen-bond acceptors (Lipinski definition) is 9. The van der Waals surface area contributed by atoms with Gasteiger partial charge in [0.1, 0.15) is 23.3 Å². The molecule has 2 saturated heterocycles. The number of fused-ring (bicyclic) bond motifs is 1. The van der Waals surface area contributed by atoms with Crippen LogP contribution in [0.15, 0.2) is 84.9 Å². The second-order valence-electron chi connectivity index (χ2n) is 23.5. The normalized spacial score (nSPS) is 19.5. The van der Waals surface area contributed by atoms with Crippen LogP contribution < -0.4 is 20.1 Å². The molecule has 4 aromatic carbocycles. The number of amides is 5. The Morgan fingerprint density at radius 2 is 1.05 bits per heavy atom. The summed E-state index contributed by atoms with van der Waals surface area (Å²) in [7, 11) is 5.07. The number of carbonyl (C=O) groups excluding carboxylic acids is 6. The average molecular weight is 1100 g/mol. The summed E-state index contributed by atoms with van der Waals surface area (Å²) in [6.45, 7) is 8.55. The van der Waals surface area contributed by atoms with Crippen LogP contribution in [0.5, 0.6) is 11.5 Å². The van der Waals surface area contributed by atoms with Crippen molar-refractivity contribution in [3.05, 3.63) is 107 Å². The van der Waals surface area contributed by atoms with Crippen molar-refractivity contribution in [1.29, 1.82) is 0 Å². The second-order valence-corrected chi connectivity index (χ2v) is 23.5. The van der Waals surface area contributed by atoms with Gasteiger partial charge in [-0.3, -0.25) is 28.8 Å². The van der Waals surface area contributed by atoms with Gasteiger partial charge in [-0.05, 0) is 167 Å². The molecule has 0 radical (unpaired) electrons. The number of Topliss-reactive ketones (excluding diaryl/α,β-unsaturated/α-hetero) is 1. The highest BCUT2D eigenvalue weighted by molar-refractivity contribution is 6.02. The standard InChI is InChI=1S/C66H90N6O8/c1-7-45(2)62(74)68-61(50-18-12-9-13-19-50)66(78)72-37-15-21-56(72)44-70(39-35-48-24-32-58(80-6)33-25-48)64(76)54-29-27-51-40-53(28-26-52(51)41-54)63(75)69(38-34-47-22-30-57(79-5)31-23-47)43-55-20-14-36-71(55)65(77)59(42-60(73)46(3)67-4)49-16-10-8-11-17-49/h22-33,40-41,45-46,49-50,55-56,59,61,67H,7-21,34-39,42-44H2,1-6H3,(H,68,74)/t45-,46+,55+,56+,59+,61+/m1/s1. The van der Waals surface area contributed by atoms with Gasteiger partial charge in [0, 0.05) is 80.7 Å². The third kappa shape index (κ3) is 15.2. The Labute approximate surface area is 476 Å². The lowest BCUT2D eigenvalue weighted by Gasteiger charge is -2.37. The lowest BCUT2D eigenvalue weighted by Crippen LogP contribution is -2.56. The molecule has 0 bridgehead atoms. The number of likely N-dealkylation sites (N-methyl/N-ethyl adjacent to an activating group) is 1. The molecule has 4 aromatic rings. The minimum atomic E-state index is -0.584. The summed E-state index contributed by atoms with van der Waals surface area (Å²) >= 11 is 0. The summed E-state index contributed by atoms with van der Waals surface area (Å²) in [5.41, 5.74) is 3.16. The zero-order valence-electron chi connectivity index (χ0n) is 48.7. The molecule has 432 valence electrons. The van der Waals surface area contributed by atoms with E-state index in [0.717, 1.165) is 123 Å². The summed E-state index contributed by atoms with van der Waals surface area (Å²) < 4.78 is 10.9. The molecular formula is C66H90N6O8. The lowest BCUT2D eigenvalue weighted by molar-refractivity contribution is -0.141. The van der Waals surface area contributed by atoms with Crippen LogP contribution in [0.25, 0.3) is 10.8 Å². The van der Waals surface area contributed by atoms with Crippen molar-refractivity contribution in [3.8, 4) is 11.5 Å². The van der Waals surface area contributed by atoms with Crippen molar-refractivity contribution in [1.82, 2.24) is 30.2 Å². The zero-order chi connectivity index (χ0) is 56.7. The number of hydrogen-bond donors (Lipinski definition) is 2. The number of likely N-dealkylation sites (tertiary alicyclic amines) is 2. The Morgan fingerprint density at radius 3 is 1.50 bits per heavy atom. The SMILES string of the molecule is CC[C@@H](C)C(=O)N[C@H](C(=O)N1CCC[C@H]1CN(CCc1ccc(OC)cc1)C(=O)c1ccc2cc(C(=O)N(CCc3ccc(OC)cc3)C[C@@H]3CCCN3C(=O)[C@@H](CC(=O)[C@H](C)NC)C3CCCCC3)ccc2c1)C1CCCCC1. The van der Waals surface area contributed by atoms with Gasteiger partial charge in [0.25, 0.3) is 11.8 Å². The Balaban J connectivity index is 1.03. The quantitative estimate of drug-likeness (QED) is 0.0659. The first kappa shape index (κ1) is 59.8. The number of carbonyl (C=O) groups is 6. The fourth-order valence-electron chi connectivity index (χ4n) is 12.9. The Morgan fingerprint density at radius 1 is 0.588 bits per heavy atom. The molecule has 0 aromatic heterocycles. The molecule has 14 nitrogen and oxygen atoms in total. The molecule has 2 aliphatic heterocycles. The van der Waals surface area contributed by atoms with Crippen LogP contribution in [-0.4, -0.2) is 140 Å². The van der Waals surface area contributed by atoms with Crippen LogP contribution in [0, 0.1) is 23.7 Å². The second kappa shape index (κ2) is 28.9. The average Bonchev–Trinajstić information content (AvgIpc) is 4.19. The van der Waals surface area contributed by atoms with Crippen LogP contribution in [-0.2, 0) is 32.0 Å². The third-order valence-electron chi connectivity index (χ3n) is 18.4. The van der Waals surface area contributed by atoms with Crippen molar-refractivity contribution in [2.24, 2.45) is 23.7 Å². The number of rotatable bonds is 25. The zero-order valence-corrected chi connectivity index (χ0v) is 48.7. The van der Waals surface area contributed by atoms with Crippen molar-refractivity contribution in [2.45, 2.75) is 161 Å². The molecule has 2 N–H and O–H groups in total. The van der Waals surface area contributed by atoms with Gasteiger partial charge in [-0.25, -0.2) is 0 Å². The van der Waals surface area contributed by atoms with Crippen molar-refractivity contribution in [3.63, 3.8) is 0 Å². The first-order chi connectivity index (χ1) is 38.8. The minimum absolute atomic E-state index is 0.0329. The van der Waals surface area contributed by atoms with E-state index in [1.165, 1.54) is 0 Å². The highest BCUT2D eigenvalue weighted by Crippen LogP contribution is 2.36. The number of ketones is 1. The Kier molecular flexibility index (Phi) is 21.6. The van der Waals surface area contributed by atoms with Crippen LogP contribution in [0.1, 0.15) is 155 Å².